The molecule has 0 bridgehead atoms. The average Bonchev–Trinajstić information content (AvgIpc) is 2.94. The Morgan fingerprint density at radius 2 is 1.66 bits per heavy atom. The lowest BCUT2D eigenvalue weighted by atomic mass is 10.1. The molecule has 1 N–H and O–H groups in total. The Hall–Kier alpha value is -3.39. The maximum atomic E-state index is 12.7. The molecular formula is C30H34ClN3O4. The summed E-state index contributed by atoms with van der Waals surface area (Å²) in [7, 11) is 1.37. The second kappa shape index (κ2) is 13.4. The van der Waals surface area contributed by atoms with Crippen LogP contribution in [0.1, 0.15) is 38.7 Å². The van der Waals surface area contributed by atoms with Gasteiger partial charge in [-0.1, -0.05) is 65.7 Å². The number of methoxy groups -OCH3 is 1. The molecule has 3 aromatic rings. The Morgan fingerprint density at radius 1 is 0.947 bits per heavy atom. The number of aryl methyl sites for hydroxylation is 1. The van der Waals surface area contributed by atoms with E-state index in [-0.39, 0.29) is 18.1 Å². The van der Waals surface area contributed by atoms with Gasteiger partial charge in [0.1, 0.15) is 0 Å². The van der Waals surface area contributed by atoms with Gasteiger partial charge in [0.05, 0.1) is 25.4 Å². The minimum Gasteiger partial charge on any atom is -0.465 e. The number of benzene rings is 3. The predicted octanol–water partition coefficient (Wildman–Crippen LogP) is 5.22. The number of hydrogen-bond acceptors (Lipinski definition) is 5. The Labute approximate surface area is 229 Å². The molecule has 1 fully saturated rings. The van der Waals surface area contributed by atoms with Crippen molar-refractivity contribution in [1.82, 2.24) is 15.1 Å². The van der Waals surface area contributed by atoms with Gasteiger partial charge < -0.3 is 19.7 Å². The van der Waals surface area contributed by atoms with Gasteiger partial charge in [-0.3, -0.25) is 4.90 Å². The van der Waals surface area contributed by atoms with E-state index >= 15 is 0 Å². The van der Waals surface area contributed by atoms with E-state index in [1.165, 1.54) is 12.7 Å². The van der Waals surface area contributed by atoms with E-state index in [9.17, 15) is 9.59 Å². The summed E-state index contributed by atoms with van der Waals surface area (Å²) < 4.78 is 11.1. The number of piperazine rings is 1. The molecule has 1 aliphatic heterocycles. The van der Waals surface area contributed by atoms with Crippen molar-refractivity contribution in [3.63, 3.8) is 0 Å². The number of ether oxygens (including phenoxy) is 2. The molecule has 0 saturated carbocycles. The van der Waals surface area contributed by atoms with Crippen LogP contribution < -0.4 is 5.32 Å². The lowest BCUT2D eigenvalue weighted by molar-refractivity contribution is 0.00554. The fourth-order valence-corrected chi connectivity index (χ4v) is 4.59. The Morgan fingerprint density at radius 3 is 2.32 bits per heavy atom. The van der Waals surface area contributed by atoms with Crippen LogP contribution in [0.4, 0.5) is 4.79 Å². The first kappa shape index (κ1) is 27.6. The maximum absolute atomic E-state index is 12.7. The molecule has 3 aromatic carbocycles. The predicted molar refractivity (Wildman–Crippen MR) is 148 cm³/mol. The van der Waals surface area contributed by atoms with Crippen LogP contribution in [0.15, 0.2) is 72.8 Å². The summed E-state index contributed by atoms with van der Waals surface area (Å²) in [6.07, 6.45) is -0.172. The van der Waals surface area contributed by atoms with Crippen molar-refractivity contribution in [3.05, 3.63) is 106 Å². The zero-order valence-corrected chi connectivity index (χ0v) is 22.6. The largest absolute Gasteiger partial charge is 0.465 e. The summed E-state index contributed by atoms with van der Waals surface area (Å²) >= 11 is 6.12. The number of rotatable bonds is 9. The minimum absolute atomic E-state index is 0.0351. The lowest BCUT2D eigenvalue weighted by Gasteiger charge is -2.36. The van der Waals surface area contributed by atoms with E-state index in [1.807, 2.05) is 66.4 Å². The molecule has 38 heavy (non-hydrogen) atoms. The number of hydrogen-bond donors (Lipinski definition) is 1. The highest BCUT2D eigenvalue weighted by atomic mass is 35.5. The first-order chi connectivity index (χ1) is 18.4. The topological polar surface area (TPSA) is 71.1 Å². The number of carbonyl (C=O) groups excluding carboxylic acids is 2. The van der Waals surface area contributed by atoms with Gasteiger partial charge in [0.2, 0.25) is 0 Å². The van der Waals surface area contributed by atoms with Crippen molar-refractivity contribution < 1.29 is 19.1 Å². The van der Waals surface area contributed by atoms with Crippen molar-refractivity contribution in [2.45, 2.75) is 26.2 Å². The molecule has 200 valence electrons. The number of nitrogens with zero attached hydrogens (tertiary/aromatic N) is 2. The average molecular weight is 536 g/mol. The second-order valence-corrected chi connectivity index (χ2v) is 9.91. The van der Waals surface area contributed by atoms with Crippen molar-refractivity contribution in [2.75, 3.05) is 39.8 Å². The minimum atomic E-state index is -0.362. The first-order valence-electron chi connectivity index (χ1n) is 12.8. The third-order valence-corrected chi connectivity index (χ3v) is 6.93. The molecule has 1 saturated heterocycles. The van der Waals surface area contributed by atoms with E-state index in [4.69, 9.17) is 21.1 Å². The number of urea groups is 1. The monoisotopic (exact) mass is 535 g/mol. The fourth-order valence-electron chi connectivity index (χ4n) is 4.46. The highest BCUT2D eigenvalue weighted by Crippen LogP contribution is 2.23. The quantitative estimate of drug-likeness (QED) is 0.380. The molecule has 2 amide bonds. The summed E-state index contributed by atoms with van der Waals surface area (Å²) in [6, 6.07) is 23.1. The zero-order chi connectivity index (χ0) is 26.9. The third kappa shape index (κ3) is 7.81. The number of nitrogens with one attached hydrogen (secondary N) is 1. The van der Waals surface area contributed by atoms with Crippen molar-refractivity contribution >= 4 is 23.6 Å². The van der Waals surface area contributed by atoms with Crippen molar-refractivity contribution in [3.8, 4) is 0 Å². The molecule has 1 atom stereocenters. The van der Waals surface area contributed by atoms with E-state index in [0.717, 1.165) is 29.8 Å². The molecule has 8 heteroatoms. The summed E-state index contributed by atoms with van der Waals surface area (Å²) in [5, 5.41) is 3.72. The molecular weight excluding hydrogens is 502 g/mol. The van der Waals surface area contributed by atoms with Crippen LogP contribution in [0.25, 0.3) is 0 Å². The van der Waals surface area contributed by atoms with E-state index < -0.39 is 0 Å². The van der Waals surface area contributed by atoms with Gasteiger partial charge in [-0.25, -0.2) is 9.59 Å². The zero-order valence-electron chi connectivity index (χ0n) is 21.9. The van der Waals surface area contributed by atoms with Crippen LogP contribution in [0.3, 0.4) is 0 Å². The summed E-state index contributed by atoms with van der Waals surface area (Å²) in [5.74, 6) is -0.362. The fraction of sp³-hybridized carbons (Fsp3) is 0.333. The van der Waals surface area contributed by atoms with Gasteiger partial charge in [-0.2, -0.15) is 0 Å². The number of amides is 2. The molecule has 1 heterocycles. The van der Waals surface area contributed by atoms with Crippen LogP contribution in [-0.4, -0.2) is 61.6 Å². The summed E-state index contributed by atoms with van der Waals surface area (Å²) in [6.45, 7) is 6.50. The van der Waals surface area contributed by atoms with E-state index in [1.54, 1.807) is 12.1 Å². The van der Waals surface area contributed by atoms with Gasteiger partial charge >= 0.3 is 12.0 Å². The second-order valence-electron chi connectivity index (χ2n) is 9.48. The van der Waals surface area contributed by atoms with E-state index in [0.29, 0.717) is 43.4 Å². The van der Waals surface area contributed by atoms with Crippen LogP contribution >= 0.6 is 11.6 Å². The van der Waals surface area contributed by atoms with Crippen LogP contribution in [-0.2, 0) is 22.6 Å². The van der Waals surface area contributed by atoms with Gasteiger partial charge in [0, 0.05) is 44.3 Å². The first-order valence-corrected chi connectivity index (χ1v) is 13.1. The van der Waals surface area contributed by atoms with Gasteiger partial charge in [-0.15, -0.1) is 0 Å². The molecule has 0 unspecified atom stereocenters. The molecule has 0 aliphatic carbocycles. The lowest BCUT2D eigenvalue weighted by Crippen LogP contribution is -2.52. The summed E-state index contributed by atoms with van der Waals surface area (Å²) in [4.78, 5) is 28.6. The van der Waals surface area contributed by atoms with Gasteiger partial charge in [0.15, 0.2) is 0 Å². The molecule has 0 aromatic heterocycles. The highest BCUT2D eigenvalue weighted by Gasteiger charge is 2.24. The molecule has 4 rings (SSSR count). The van der Waals surface area contributed by atoms with Gasteiger partial charge in [-0.05, 0) is 47.9 Å². The smallest absolute Gasteiger partial charge is 0.337 e. The number of halogens is 1. The number of esters is 1. The Balaban J connectivity index is 1.31. The van der Waals surface area contributed by atoms with Crippen LogP contribution in [0.5, 0.6) is 0 Å². The normalized spacial score (nSPS) is 14.7. The van der Waals surface area contributed by atoms with Crippen LogP contribution in [0.2, 0.25) is 5.02 Å². The maximum Gasteiger partial charge on any atom is 0.337 e. The van der Waals surface area contributed by atoms with Crippen molar-refractivity contribution in [1.29, 1.82) is 0 Å². The van der Waals surface area contributed by atoms with Gasteiger partial charge in [0.25, 0.3) is 0 Å². The Bertz CT molecular complexity index is 1210. The Kier molecular flexibility index (Phi) is 9.76. The highest BCUT2D eigenvalue weighted by molar-refractivity contribution is 6.30. The molecule has 0 spiro atoms. The summed E-state index contributed by atoms with van der Waals surface area (Å²) in [5.41, 5.74) is 4.79. The van der Waals surface area contributed by atoms with Crippen LogP contribution in [0, 0.1) is 6.92 Å². The standard InChI is InChI=1S/C30H34ClN3O4/c1-22-4-3-5-24(18-22)19-32-30(36)34-16-14-33(15-17-34)20-28(25-10-12-27(31)13-11-25)38-21-23-6-8-26(9-7-23)29(35)37-2/h3-13,18,28H,14-17,19-21H2,1-2H3,(H,32,36)/t28-/m1/s1. The molecule has 0 radical (unpaired) electrons. The third-order valence-electron chi connectivity index (χ3n) is 6.68. The molecule has 7 nitrogen and oxygen atoms in total. The number of carbonyl (C=O) groups is 2. The van der Waals surface area contributed by atoms with E-state index in [2.05, 4.69) is 16.3 Å². The van der Waals surface area contributed by atoms with Crippen molar-refractivity contribution in [2.24, 2.45) is 0 Å². The molecule has 1 aliphatic rings. The SMILES string of the molecule is COC(=O)c1ccc(CO[C@H](CN2CCN(C(=O)NCc3cccc(C)c3)CC2)c2ccc(Cl)cc2)cc1.